The molecule has 0 N–H and O–H groups in total. The summed E-state index contributed by atoms with van der Waals surface area (Å²) < 4.78 is 6.41. The molecule has 1 heterocycles. The van der Waals surface area contributed by atoms with Crippen molar-refractivity contribution in [1.29, 1.82) is 0 Å². The molecule has 0 spiro atoms. The highest BCUT2D eigenvalue weighted by molar-refractivity contribution is 9.10. The van der Waals surface area contributed by atoms with Crippen molar-refractivity contribution in [2.24, 2.45) is 0 Å². The maximum atomic E-state index is 12.2. The fourth-order valence-corrected chi connectivity index (χ4v) is 3.54. The molecule has 1 aliphatic carbocycles. The number of aromatic nitrogens is 1. The third-order valence-corrected chi connectivity index (χ3v) is 4.74. The molecular formula is C17H12BrNO3. The average Bonchev–Trinajstić information content (AvgIpc) is 2.91. The number of hydrogen-bond donors (Lipinski definition) is 0. The number of rotatable bonds is 1. The van der Waals surface area contributed by atoms with Crippen LogP contribution < -0.4 is 0 Å². The van der Waals surface area contributed by atoms with E-state index >= 15 is 0 Å². The fraction of sp³-hybridized carbons (Fsp3) is 0.235. The molecule has 0 saturated heterocycles. The highest BCUT2D eigenvalue weighted by Crippen LogP contribution is 2.37. The topological polar surface area (TPSA) is 60.2 Å². The molecule has 0 bridgehead atoms. The summed E-state index contributed by atoms with van der Waals surface area (Å²) in [5.74, 6) is -0.378. The van der Waals surface area contributed by atoms with Gasteiger partial charge in [0.15, 0.2) is 5.58 Å². The van der Waals surface area contributed by atoms with E-state index in [4.69, 9.17) is 4.52 Å². The van der Waals surface area contributed by atoms with Gasteiger partial charge in [-0.1, -0.05) is 33.2 Å². The number of fused-ring (bicyclic) bond motifs is 3. The van der Waals surface area contributed by atoms with E-state index in [1.165, 1.54) is 0 Å². The molecule has 3 aromatic rings. The molecule has 22 heavy (non-hydrogen) atoms. The van der Waals surface area contributed by atoms with Gasteiger partial charge in [0.1, 0.15) is 17.3 Å². The van der Waals surface area contributed by atoms with Crippen LogP contribution in [0.1, 0.15) is 30.9 Å². The zero-order chi connectivity index (χ0) is 15.3. The second-order valence-electron chi connectivity index (χ2n) is 5.64. The Morgan fingerprint density at radius 3 is 2.86 bits per heavy atom. The van der Waals surface area contributed by atoms with Gasteiger partial charge in [0.2, 0.25) is 0 Å². The monoisotopic (exact) mass is 357 g/mol. The van der Waals surface area contributed by atoms with Crippen LogP contribution in [0.4, 0.5) is 0 Å². The number of hydrogen-bond acceptors (Lipinski definition) is 4. The van der Waals surface area contributed by atoms with Crippen LogP contribution in [0, 0.1) is 0 Å². The van der Waals surface area contributed by atoms with E-state index in [9.17, 15) is 9.59 Å². The summed E-state index contributed by atoms with van der Waals surface area (Å²) in [7, 11) is 0. The second-order valence-corrected chi connectivity index (χ2v) is 6.56. The summed E-state index contributed by atoms with van der Waals surface area (Å²) in [6.07, 6.45) is 0.961. The third-order valence-electron chi connectivity index (χ3n) is 4.24. The predicted molar refractivity (Wildman–Crippen MR) is 85.8 cm³/mol. The molecule has 0 aliphatic heterocycles. The number of carbonyl (C=O) groups excluding carboxylic acids is 2. The second kappa shape index (κ2) is 5.02. The Morgan fingerprint density at radius 1 is 1.18 bits per heavy atom. The van der Waals surface area contributed by atoms with E-state index in [1.807, 2.05) is 30.3 Å². The zero-order valence-electron chi connectivity index (χ0n) is 11.6. The van der Waals surface area contributed by atoms with Crippen LogP contribution in [0.2, 0.25) is 0 Å². The van der Waals surface area contributed by atoms with Crippen LogP contribution in [0.3, 0.4) is 0 Å². The smallest absolute Gasteiger partial charge is 0.167 e. The lowest BCUT2D eigenvalue weighted by atomic mass is 9.83. The molecule has 1 saturated carbocycles. The maximum Gasteiger partial charge on any atom is 0.167 e. The summed E-state index contributed by atoms with van der Waals surface area (Å²) in [5, 5.41) is 7.11. The molecule has 0 amide bonds. The van der Waals surface area contributed by atoms with Crippen LogP contribution in [0.5, 0.6) is 0 Å². The summed E-state index contributed by atoms with van der Waals surface area (Å²) in [4.78, 5) is 23.7. The minimum atomic E-state index is -0.340. The molecule has 1 unspecified atom stereocenters. The number of carbonyl (C=O) groups is 2. The fourth-order valence-electron chi connectivity index (χ4n) is 3.16. The highest BCUT2D eigenvalue weighted by Gasteiger charge is 2.32. The van der Waals surface area contributed by atoms with Crippen molar-refractivity contribution in [3.8, 4) is 0 Å². The van der Waals surface area contributed by atoms with Gasteiger partial charge in [-0.2, -0.15) is 0 Å². The van der Waals surface area contributed by atoms with Crippen LogP contribution in [0.25, 0.3) is 21.7 Å². The van der Waals surface area contributed by atoms with E-state index < -0.39 is 0 Å². The van der Waals surface area contributed by atoms with Gasteiger partial charge in [-0.15, -0.1) is 0 Å². The van der Waals surface area contributed by atoms with Crippen molar-refractivity contribution in [3.05, 3.63) is 40.5 Å². The first kappa shape index (κ1) is 13.6. The van der Waals surface area contributed by atoms with Crippen LogP contribution in [0.15, 0.2) is 39.3 Å². The lowest BCUT2D eigenvalue weighted by molar-refractivity contribution is -0.130. The molecule has 2 aromatic carbocycles. The van der Waals surface area contributed by atoms with Crippen LogP contribution in [-0.4, -0.2) is 16.7 Å². The quantitative estimate of drug-likeness (QED) is 0.613. The summed E-state index contributed by atoms with van der Waals surface area (Å²) in [6, 6.07) is 9.84. The molecule has 1 aromatic heterocycles. The Kier molecular flexibility index (Phi) is 3.11. The first-order chi connectivity index (χ1) is 10.6. The molecule has 0 radical (unpaired) electrons. The van der Waals surface area contributed by atoms with Gasteiger partial charge in [-0.3, -0.25) is 9.59 Å². The highest BCUT2D eigenvalue weighted by atomic mass is 79.9. The third kappa shape index (κ3) is 2.08. The van der Waals surface area contributed by atoms with Gasteiger partial charge in [0, 0.05) is 10.9 Å². The molecule has 110 valence electrons. The molecule has 5 heteroatoms. The van der Waals surface area contributed by atoms with Crippen molar-refractivity contribution in [2.75, 3.05) is 0 Å². The van der Waals surface area contributed by atoms with Crippen molar-refractivity contribution in [3.63, 3.8) is 0 Å². The Balaban J connectivity index is 1.95. The maximum absolute atomic E-state index is 12.2. The number of ketones is 2. The molecule has 1 aliphatic rings. The van der Waals surface area contributed by atoms with Crippen molar-refractivity contribution in [2.45, 2.75) is 25.2 Å². The van der Waals surface area contributed by atoms with Crippen molar-refractivity contribution >= 4 is 49.2 Å². The standard InChI is InChI=1S/C17H12BrNO3/c18-10-2-4-12-9(7-10)1-6-15-16(12)17(19-22-15)13-5-3-11(20)8-14(13)21/h1-2,4,6-7,13H,3,5,8H2. The Labute approximate surface area is 134 Å². The number of benzene rings is 2. The normalized spacial score (nSPS) is 19.2. The largest absolute Gasteiger partial charge is 0.356 e. The van der Waals surface area contributed by atoms with Gasteiger partial charge in [-0.25, -0.2) is 0 Å². The molecule has 1 atom stereocenters. The summed E-state index contributed by atoms with van der Waals surface area (Å²) in [5.41, 5.74) is 1.34. The Bertz CT molecular complexity index is 928. The molecule has 4 rings (SSSR count). The number of Topliss-reactive ketones (excluding diaryl/α,β-unsaturated/α-hetero) is 2. The minimum absolute atomic E-state index is 0.00926. The van der Waals surface area contributed by atoms with E-state index in [2.05, 4.69) is 21.1 Å². The lowest BCUT2D eigenvalue weighted by Gasteiger charge is -2.17. The zero-order valence-corrected chi connectivity index (χ0v) is 13.2. The predicted octanol–water partition coefficient (Wildman–Crippen LogP) is 4.15. The van der Waals surface area contributed by atoms with E-state index in [1.54, 1.807) is 0 Å². The lowest BCUT2D eigenvalue weighted by Crippen LogP contribution is -2.23. The minimum Gasteiger partial charge on any atom is -0.356 e. The van der Waals surface area contributed by atoms with Gasteiger partial charge in [0.05, 0.1) is 17.7 Å². The van der Waals surface area contributed by atoms with E-state index in [-0.39, 0.29) is 23.9 Å². The van der Waals surface area contributed by atoms with E-state index in [0.29, 0.717) is 24.1 Å². The molecule has 4 nitrogen and oxygen atoms in total. The first-order valence-corrected chi connectivity index (χ1v) is 7.95. The molecule has 1 fully saturated rings. The number of halogens is 1. The van der Waals surface area contributed by atoms with Gasteiger partial charge in [-0.05, 0) is 35.4 Å². The van der Waals surface area contributed by atoms with Gasteiger partial charge < -0.3 is 4.52 Å². The number of nitrogens with zero attached hydrogens (tertiary/aromatic N) is 1. The van der Waals surface area contributed by atoms with Crippen LogP contribution in [-0.2, 0) is 9.59 Å². The SMILES string of the molecule is O=C1CCC(c2noc3ccc4cc(Br)ccc4c23)C(=O)C1. The summed E-state index contributed by atoms with van der Waals surface area (Å²) in [6.45, 7) is 0. The van der Waals surface area contributed by atoms with Gasteiger partial charge in [0.25, 0.3) is 0 Å². The van der Waals surface area contributed by atoms with Crippen molar-refractivity contribution < 1.29 is 14.1 Å². The molecular weight excluding hydrogens is 346 g/mol. The van der Waals surface area contributed by atoms with Gasteiger partial charge >= 0.3 is 0 Å². The van der Waals surface area contributed by atoms with E-state index in [0.717, 1.165) is 20.6 Å². The first-order valence-electron chi connectivity index (χ1n) is 7.15. The summed E-state index contributed by atoms with van der Waals surface area (Å²) >= 11 is 3.47. The average molecular weight is 358 g/mol. The Hall–Kier alpha value is -2.01. The van der Waals surface area contributed by atoms with Crippen molar-refractivity contribution in [1.82, 2.24) is 5.16 Å². The van der Waals surface area contributed by atoms with Crippen LogP contribution >= 0.6 is 15.9 Å². The Morgan fingerprint density at radius 2 is 2.05 bits per heavy atom.